The number of aromatic amines is 2. The summed E-state index contributed by atoms with van der Waals surface area (Å²) in [5.74, 6) is 0.574. The van der Waals surface area contributed by atoms with Gasteiger partial charge >= 0.3 is 0 Å². The second-order valence-electron chi connectivity index (χ2n) is 10.2. The van der Waals surface area contributed by atoms with Gasteiger partial charge in [-0.1, -0.05) is 19.3 Å². The molecule has 11 heteroatoms. The molecule has 1 amide bonds. The van der Waals surface area contributed by atoms with Gasteiger partial charge in [0.25, 0.3) is 0 Å². The topological polar surface area (TPSA) is 130 Å². The van der Waals surface area contributed by atoms with Crippen LogP contribution >= 0.6 is 0 Å². The van der Waals surface area contributed by atoms with Crippen LogP contribution in [0.1, 0.15) is 37.8 Å². The van der Waals surface area contributed by atoms with Crippen LogP contribution in [0.15, 0.2) is 55.4 Å². The average Bonchev–Trinajstić information content (AvgIpc) is 3.72. The molecule has 0 spiro atoms. The third-order valence-electron chi connectivity index (χ3n) is 7.52. The summed E-state index contributed by atoms with van der Waals surface area (Å²) < 4.78 is 18.0. The molecule has 0 aliphatic heterocycles. The van der Waals surface area contributed by atoms with Crippen molar-refractivity contribution in [3.8, 4) is 28.5 Å². The van der Waals surface area contributed by atoms with Gasteiger partial charge in [0, 0.05) is 35.6 Å². The Bertz CT molecular complexity index is 1880. The number of nitrogens with one attached hydrogen (secondary N) is 3. The molecule has 7 rings (SSSR count). The van der Waals surface area contributed by atoms with Gasteiger partial charge in [0.2, 0.25) is 5.91 Å². The number of aryl methyl sites for hydroxylation is 1. The standard InChI is InChI=1S/C29H26FN9O/c1-16-14-39(15-33-16)28-25-22(9-10-32-28)35-27(36-25)26-23-21(37-38-26)8-7-20(24(23)30)18-11-19(13-31-12-18)34-29(40)17-5-3-2-4-6-17/h7-15,17H,2-6H2,1H3,(H,34,40)(H,35,36)(H,37,38). The Kier molecular flexibility index (Phi) is 5.84. The number of anilines is 1. The highest BCUT2D eigenvalue weighted by molar-refractivity contribution is 5.97. The van der Waals surface area contributed by atoms with Gasteiger partial charge in [0.05, 0.1) is 34.0 Å². The summed E-state index contributed by atoms with van der Waals surface area (Å²) in [5, 5.41) is 10.6. The summed E-state index contributed by atoms with van der Waals surface area (Å²) in [6.45, 7) is 1.90. The highest BCUT2D eigenvalue weighted by Crippen LogP contribution is 2.35. The van der Waals surface area contributed by atoms with Crippen molar-refractivity contribution < 1.29 is 9.18 Å². The van der Waals surface area contributed by atoms with E-state index in [-0.39, 0.29) is 11.8 Å². The molecule has 0 unspecified atom stereocenters. The van der Waals surface area contributed by atoms with Gasteiger partial charge < -0.3 is 10.3 Å². The molecular weight excluding hydrogens is 509 g/mol. The zero-order chi connectivity index (χ0) is 27.2. The van der Waals surface area contributed by atoms with Gasteiger partial charge in [0.15, 0.2) is 11.6 Å². The molecular formula is C29H26FN9O. The molecule has 5 aromatic heterocycles. The Balaban J connectivity index is 1.26. The highest BCUT2D eigenvalue weighted by Gasteiger charge is 2.23. The largest absolute Gasteiger partial charge is 0.336 e. The van der Waals surface area contributed by atoms with Crippen LogP contribution < -0.4 is 5.32 Å². The number of benzene rings is 1. The zero-order valence-electron chi connectivity index (χ0n) is 21.8. The number of amides is 1. The molecule has 3 N–H and O–H groups in total. The summed E-state index contributed by atoms with van der Waals surface area (Å²) in [6, 6.07) is 7.03. The minimum Gasteiger partial charge on any atom is -0.336 e. The molecule has 6 aromatic rings. The number of carbonyl (C=O) groups is 1. The molecule has 1 aromatic carbocycles. The predicted molar refractivity (Wildman–Crippen MR) is 149 cm³/mol. The fraction of sp³-hybridized carbons (Fsp3) is 0.241. The number of pyridine rings is 2. The molecule has 1 aliphatic carbocycles. The lowest BCUT2D eigenvalue weighted by molar-refractivity contribution is -0.120. The first-order valence-corrected chi connectivity index (χ1v) is 13.3. The van der Waals surface area contributed by atoms with E-state index in [1.165, 1.54) is 6.42 Å². The number of fused-ring (bicyclic) bond motifs is 2. The van der Waals surface area contributed by atoms with E-state index in [1.807, 2.05) is 19.2 Å². The van der Waals surface area contributed by atoms with E-state index in [2.05, 4.69) is 35.5 Å². The normalized spacial score (nSPS) is 14.2. The van der Waals surface area contributed by atoms with Crippen molar-refractivity contribution in [2.24, 2.45) is 5.92 Å². The van der Waals surface area contributed by atoms with Crippen molar-refractivity contribution in [2.45, 2.75) is 39.0 Å². The van der Waals surface area contributed by atoms with E-state index in [9.17, 15) is 4.79 Å². The van der Waals surface area contributed by atoms with Crippen LogP contribution in [-0.4, -0.2) is 45.6 Å². The SMILES string of the molecule is Cc1cn(-c2nccc3[nH]c(-c4n[nH]c5ccc(-c6cncc(NC(=O)C7CCCCC7)c6)c(F)c45)nc23)cn1. The number of hydrogen-bond acceptors (Lipinski definition) is 6. The molecule has 200 valence electrons. The van der Waals surface area contributed by atoms with Gasteiger partial charge in [0.1, 0.15) is 23.4 Å². The first-order valence-electron chi connectivity index (χ1n) is 13.3. The van der Waals surface area contributed by atoms with Crippen LogP contribution in [0.2, 0.25) is 0 Å². The van der Waals surface area contributed by atoms with Crippen molar-refractivity contribution >= 4 is 33.5 Å². The Morgan fingerprint density at radius 3 is 2.80 bits per heavy atom. The fourth-order valence-electron chi connectivity index (χ4n) is 5.49. The lowest BCUT2D eigenvalue weighted by atomic mass is 9.88. The number of aromatic nitrogens is 8. The number of H-pyrrole nitrogens is 2. The summed E-state index contributed by atoms with van der Waals surface area (Å²) in [6.07, 6.45) is 13.5. The molecule has 1 saturated carbocycles. The number of halogens is 1. The quantitative estimate of drug-likeness (QED) is 0.259. The molecule has 5 heterocycles. The van der Waals surface area contributed by atoms with Gasteiger partial charge in [-0.2, -0.15) is 5.10 Å². The summed E-state index contributed by atoms with van der Waals surface area (Å²) in [7, 11) is 0. The van der Waals surface area contributed by atoms with Crippen molar-refractivity contribution in [1.82, 2.24) is 39.7 Å². The lowest BCUT2D eigenvalue weighted by Gasteiger charge is -2.20. The third-order valence-corrected chi connectivity index (χ3v) is 7.52. The maximum absolute atomic E-state index is 16.2. The van der Waals surface area contributed by atoms with E-state index >= 15 is 4.39 Å². The molecule has 0 saturated heterocycles. The van der Waals surface area contributed by atoms with E-state index in [0.29, 0.717) is 50.6 Å². The molecule has 10 nitrogen and oxygen atoms in total. The summed E-state index contributed by atoms with van der Waals surface area (Å²) >= 11 is 0. The van der Waals surface area contributed by atoms with Crippen molar-refractivity contribution in [2.75, 3.05) is 5.32 Å². The number of rotatable bonds is 5. The van der Waals surface area contributed by atoms with Gasteiger partial charge in [-0.25, -0.2) is 19.3 Å². The van der Waals surface area contributed by atoms with Crippen molar-refractivity contribution in [3.63, 3.8) is 0 Å². The second kappa shape index (κ2) is 9.67. The van der Waals surface area contributed by atoms with E-state index in [0.717, 1.165) is 36.9 Å². The number of imidazole rings is 2. The second-order valence-corrected chi connectivity index (χ2v) is 10.2. The van der Waals surface area contributed by atoms with Crippen LogP contribution in [0.5, 0.6) is 0 Å². The summed E-state index contributed by atoms with van der Waals surface area (Å²) in [4.78, 5) is 33.8. The van der Waals surface area contributed by atoms with Gasteiger partial charge in [-0.15, -0.1) is 0 Å². The molecule has 0 bridgehead atoms. The number of hydrogen-bond donors (Lipinski definition) is 3. The Morgan fingerprint density at radius 2 is 1.98 bits per heavy atom. The van der Waals surface area contributed by atoms with E-state index < -0.39 is 5.82 Å². The molecule has 40 heavy (non-hydrogen) atoms. The Labute approximate surface area is 228 Å². The zero-order valence-corrected chi connectivity index (χ0v) is 21.8. The number of carbonyl (C=O) groups excluding carboxylic acids is 1. The van der Waals surface area contributed by atoms with Crippen molar-refractivity contribution in [3.05, 3.63) is 66.9 Å². The molecule has 0 atom stereocenters. The first-order chi connectivity index (χ1) is 19.5. The maximum Gasteiger partial charge on any atom is 0.227 e. The highest BCUT2D eigenvalue weighted by atomic mass is 19.1. The van der Waals surface area contributed by atoms with E-state index in [4.69, 9.17) is 4.98 Å². The smallest absolute Gasteiger partial charge is 0.227 e. The fourth-order valence-corrected chi connectivity index (χ4v) is 5.49. The monoisotopic (exact) mass is 535 g/mol. The molecule has 0 radical (unpaired) electrons. The summed E-state index contributed by atoms with van der Waals surface area (Å²) in [5.41, 5.74) is 4.56. The van der Waals surface area contributed by atoms with Crippen LogP contribution in [0.4, 0.5) is 10.1 Å². The Hall–Kier alpha value is -4.93. The number of nitrogens with zero attached hydrogens (tertiary/aromatic N) is 6. The minimum absolute atomic E-state index is 0.00343. The van der Waals surface area contributed by atoms with E-state index in [1.54, 1.807) is 47.7 Å². The molecule has 1 fully saturated rings. The average molecular weight is 536 g/mol. The van der Waals surface area contributed by atoms with Gasteiger partial charge in [-0.3, -0.25) is 19.4 Å². The first kappa shape index (κ1) is 24.1. The Morgan fingerprint density at radius 1 is 1.10 bits per heavy atom. The van der Waals surface area contributed by atoms with Crippen LogP contribution in [0.3, 0.4) is 0 Å². The predicted octanol–water partition coefficient (Wildman–Crippen LogP) is 5.72. The minimum atomic E-state index is -0.456. The van der Waals surface area contributed by atoms with Crippen LogP contribution in [0.25, 0.3) is 50.4 Å². The van der Waals surface area contributed by atoms with Crippen molar-refractivity contribution in [1.29, 1.82) is 0 Å². The van der Waals surface area contributed by atoms with Crippen LogP contribution in [-0.2, 0) is 4.79 Å². The third kappa shape index (κ3) is 4.19. The van der Waals surface area contributed by atoms with Crippen LogP contribution in [0, 0.1) is 18.7 Å². The van der Waals surface area contributed by atoms with Gasteiger partial charge in [-0.05, 0) is 44.0 Å². The maximum atomic E-state index is 16.2. The molecule has 1 aliphatic rings. The lowest BCUT2D eigenvalue weighted by Crippen LogP contribution is -2.24.